The van der Waals surface area contributed by atoms with Gasteiger partial charge in [0.25, 0.3) is 5.92 Å². The van der Waals surface area contributed by atoms with Gasteiger partial charge in [-0.25, -0.2) is 12.8 Å². The average molecular weight is 686 g/mol. The van der Waals surface area contributed by atoms with Gasteiger partial charge in [0.05, 0.1) is 17.5 Å². The second kappa shape index (κ2) is 13.5. The number of piperidine rings is 1. The Bertz CT molecular complexity index is 1850. The number of halogens is 4. The molecule has 47 heavy (non-hydrogen) atoms. The largest absolute Gasteiger partial charge is 0.490 e. The lowest BCUT2D eigenvalue weighted by Gasteiger charge is -2.37. The van der Waals surface area contributed by atoms with Crippen LogP contribution in [0.25, 0.3) is 21.9 Å². The lowest BCUT2D eigenvalue weighted by Crippen LogP contribution is -2.60. The third-order valence-electron chi connectivity index (χ3n) is 8.93. The van der Waals surface area contributed by atoms with Crippen LogP contribution in [-0.4, -0.2) is 56.7 Å². The maximum absolute atomic E-state index is 16.4. The minimum Gasteiger partial charge on any atom is -0.490 e. The van der Waals surface area contributed by atoms with Gasteiger partial charge in [0.1, 0.15) is 11.9 Å². The molecule has 7 nitrogen and oxygen atoms in total. The molecule has 3 N–H and O–H groups in total. The van der Waals surface area contributed by atoms with Crippen molar-refractivity contribution in [2.24, 2.45) is 5.73 Å². The molecule has 6 rings (SSSR count). The first kappa shape index (κ1) is 33.3. The Balaban J connectivity index is 1.30. The number of nitrogens with one attached hydrogen (secondary N) is 1. The van der Waals surface area contributed by atoms with E-state index >= 15 is 8.78 Å². The van der Waals surface area contributed by atoms with E-state index in [0.29, 0.717) is 27.1 Å². The van der Waals surface area contributed by atoms with Crippen LogP contribution in [0.4, 0.5) is 13.2 Å². The van der Waals surface area contributed by atoms with E-state index in [9.17, 15) is 17.6 Å². The molecule has 3 unspecified atom stereocenters. The fourth-order valence-electron chi connectivity index (χ4n) is 6.14. The Hall–Kier alpha value is -3.64. The summed E-state index contributed by atoms with van der Waals surface area (Å²) < 4.78 is 82.7. The molecule has 4 aromatic carbocycles. The first-order valence-corrected chi connectivity index (χ1v) is 17.4. The predicted molar refractivity (Wildman–Crippen MR) is 176 cm³/mol. The maximum Gasteiger partial charge on any atom is 0.298 e. The van der Waals surface area contributed by atoms with Crippen molar-refractivity contribution < 1.29 is 31.1 Å². The molecule has 0 bridgehead atoms. The lowest BCUT2D eigenvalue weighted by atomic mass is 9.96. The fourth-order valence-corrected chi connectivity index (χ4v) is 7.49. The Labute approximate surface area is 276 Å². The molecule has 3 atom stereocenters. The topological polar surface area (TPSA) is 102 Å². The summed E-state index contributed by atoms with van der Waals surface area (Å²) in [6.07, 6.45) is 2.74. The quantitative estimate of drug-likeness (QED) is 0.201. The van der Waals surface area contributed by atoms with Crippen molar-refractivity contribution in [1.82, 2.24) is 9.62 Å². The highest BCUT2D eigenvalue weighted by atomic mass is 35.5. The van der Waals surface area contributed by atoms with Gasteiger partial charge in [-0.05, 0) is 90.4 Å². The molecule has 1 saturated carbocycles. The second-order valence-corrected chi connectivity index (χ2v) is 14.4. The van der Waals surface area contributed by atoms with Crippen molar-refractivity contribution in [1.29, 1.82) is 0 Å². The van der Waals surface area contributed by atoms with Crippen LogP contribution in [0.15, 0.2) is 89.8 Å². The van der Waals surface area contributed by atoms with Crippen LogP contribution < -0.4 is 15.2 Å². The number of sulfonamides is 1. The number of amides is 1. The fraction of sp³-hybridized carbons (Fsp3) is 0.343. The van der Waals surface area contributed by atoms with Gasteiger partial charge in [-0.2, -0.15) is 13.5 Å². The summed E-state index contributed by atoms with van der Waals surface area (Å²) in [5.74, 6) is -4.60. The average Bonchev–Trinajstić information content (AvgIpc) is 3.58. The zero-order valence-corrected chi connectivity index (χ0v) is 27.0. The molecule has 4 aromatic rings. The van der Waals surface area contributed by atoms with Crippen molar-refractivity contribution in [3.63, 3.8) is 0 Å². The molecule has 2 aliphatic rings. The number of rotatable bonds is 9. The van der Waals surface area contributed by atoms with Gasteiger partial charge in [-0.1, -0.05) is 60.1 Å². The van der Waals surface area contributed by atoms with Gasteiger partial charge in [0.2, 0.25) is 15.9 Å². The van der Waals surface area contributed by atoms with E-state index in [4.69, 9.17) is 22.1 Å². The second-order valence-electron chi connectivity index (χ2n) is 12.2. The summed E-state index contributed by atoms with van der Waals surface area (Å²) in [5.41, 5.74) is 6.50. The van der Waals surface area contributed by atoms with Gasteiger partial charge in [0.15, 0.2) is 6.04 Å². The summed E-state index contributed by atoms with van der Waals surface area (Å²) in [6, 6.07) is 18.1. The van der Waals surface area contributed by atoms with Crippen LogP contribution in [0.3, 0.4) is 0 Å². The zero-order valence-electron chi connectivity index (χ0n) is 25.4. The number of ether oxygens (including phenoxy) is 1. The molecule has 0 spiro atoms. The normalized spacial score (nSPS) is 20.0. The number of hydrogen-bond donors (Lipinski definition) is 2. The van der Waals surface area contributed by atoms with E-state index in [-0.39, 0.29) is 24.0 Å². The van der Waals surface area contributed by atoms with Crippen LogP contribution in [0.1, 0.15) is 37.7 Å². The lowest BCUT2D eigenvalue weighted by molar-refractivity contribution is -0.146. The van der Waals surface area contributed by atoms with Crippen molar-refractivity contribution in [2.75, 3.05) is 13.1 Å². The summed E-state index contributed by atoms with van der Waals surface area (Å²) in [4.78, 5) is 14.3. The minimum atomic E-state index is -4.67. The number of nitrogens with two attached hydrogens (primary N) is 1. The minimum absolute atomic E-state index is 0.0465. The Morgan fingerprint density at radius 2 is 1.53 bits per heavy atom. The summed E-state index contributed by atoms with van der Waals surface area (Å²) >= 11 is 5.96. The van der Waals surface area contributed by atoms with Gasteiger partial charge in [-0.15, -0.1) is 0 Å². The Morgan fingerprint density at radius 3 is 2.19 bits per heavy atom. The maximum atomic E-state index is 16.4. The van der Waals surface area contributed by atoms with Crippen molar-refractivity contribution in [3.8, 4) is 16.9 Å². The standard InChI is InChI=1S/C35H35ClF3N3O4S/c36-27-13-7-23(8-14-27)22-5-11-26(12-6-22)35(38,39)33(34(43)42-18-17-32(40)31(37)21-42)41-47(44,45)30-16-10-24-19-29(15-9-25(24)20-30)46-28-3-1-2-4-28/h5-16,19-20,28,31-33,41H,1-4,17-18,21,40H2. The van der Waals surface area contributed by atoms with Gasteiger partial charge < -0.3 is 15.4 Å². The molecule has 12 heteroatoms. The van der Waals surface area contributed by atoms with Crippen LogP contribution in [-0.2, 0) is 20.7 Å². The smallest absolute Gasteiger partial charge is 0.298 e. The van der Waals surface area contributed by atoms with Crippen LogP contribution in [0.5, 0.6) is 5.75 Å². The van der Waals surface area contributed by atoms with Gasteiger partial charge in [-0.3, -0.25) is 4.79 Å². The molecular weight excluding hydrogens is 651 g/mol. The Kier molecular flexibility index (Phi) is 9.53. The van der Waals surface area contributed by atoms with E-state index in [1.54, 1.807) is 48.5 Å². The van der Waals surface area contributed by atoms with Crippen LogP contribution in [0.2, 0.25) is 5.02 Å². The monoisotopic (exact) mass is 685 g/mol. The number of alkyl halides is 3. The van der Waals surface area contributed by atoms with Gasteiger partial charge in [0, 0.05) is 23.2 Å². The van der Waals surface area contributed by atoms with Crippen LogP contribution >= 0.6 is 11.6 Å². The highest BCUT2D eigenvalue weighted by Crippen LogP contribution is 2.36. The van der Waals surface area contributed by atoms with Crippen molar-refractivity contribution in [3.05, 3.63) is 95.5 Å². The molecule has 1 aliphatic heterocycles. The molecule has 1 amide bonds. The summed E-state index contributed by atoms with van der Waals surface area (Å²) in [7, 11) is -4.67. The number of likely N-dealkylation sites (tertiary alicyclic amines) is 1. The number of carbonyl (C=O) groups is 1. The first-order valence-electron chi connectivity index (χ1n) is 15.6. The molecule has 1 heterocycles. The van der Waals surface area contributed by atoms with E-state index in [0.717, 1.165) is 48.3 Å². The first-order chi connectivity index (χ1) is 22.4. The molecule has 1 aliphatic carbocycles. The molecular formula is C35H35ClF3N3O4S. The molecule has 0 aromatic heterocycles. The summed E-state index contributed by atoms with van der Waals surface area (Å²) in [5, 5.41) is 1.77. The number of benzene rings is 4. The third-order valence-corrected chi connectivity index (χ3v) is 10.6. The van der Waals surface area contributed by atoms with E-state index < -0.39 is 52.2 Å². The van der Waals surface area contributed by atoms with Gasteiger partial charge >= 0.3 is 0 Å². The van der Waals surface area contributed by atoms with E-state index in [2.05, 4.69) is 0 Å². The SMILES string of the molecule is NC1CCN(C(=O)C(NS(=O)(=O)c2ccc3cc(OC4CCCC4)ccc3c2)C(F)(F)c2ccc(-c3ccc(Cl)cc3)cc2)CC1F. The molecule has 2 fully saturated rings. The van der Waals surface area contributed by atoms with Crippen molar-refractivity contribution in [2.45, 2.75) is 67.3 Å². The molecule has 0 radical (unpaired) electrons. The number of fused-ring (bicyclic) bond motifs is 1. The third kappa shape index (κ3) is 7.28. The molecule has 248 valence electrons. The number of carbonyl (C=O) groups excluding carboxylic acids is 1. The Morgan fingerprint density at radius 1 is 0.915 bits per heavy atom. The van der Waals surface area contributed by atoms with Crippen LogP contribution in [0, 0.1) is 0 Å². The number of nitrogens with zero attached hydrogens (tertiary/aromatic N) is 1. The number of hydrogen-bond acceptors (Lipinski definition) is 5. The van der Waals surface area contributed by atoms with E-state index in [1.807, 2.05) is 4.72 Å². The summed E-state index contributed by atoms with van der Waals surface area (Å²) in [6.45, 7) is -0.615. The molecule has 1 saturated heterocycles. The van der Waals surface area contributed by atoms with E-state index in [1.165, 1.54) is 24.3 Å². The predicted octanol–water partition coefficient (Wildman–Crippen LogP) is 6.82. The highest BCUT2D eigenvalue weighted by Gasteiger charge is 2.50. The zero-order chi connectivity index (χ0) is 33.3. The van der Waals surface area contributed by atoms with Crippen molar-refractivity contribution >= 4 is 38.3 Å². The highest BCUT2D eigenvalue weighted by molar-refractivity contribution is 7.89.